The standard InChI is InChI=1S/C26H32N4O2/c27-22-8-4-5-9-23(22)30-24(31)17-12-18-10-13-19(14-11-18)25(28-21-15-16-21)26(32)29-20-6-2-1-3-7-20/h4-5,8-14,17,20-21,25,28H,1-3,6-7,15-16,27H2,(H,29,32)(H,30,31)/b17-12+. The number of amides is 2. The quantitative estimate of drug-likeness (QED) is 0.372. The van der Waals surface area contributed by atoms with Crippen LogP contribution in [0.1, 0.15) is 62.1 Å². The molecule has 0 radical (unpaired) electrons. The van der Waals surface area contributed by atoms with Crippen LogP contribution in [0.3, 0.4) is 0 Å². The average molecular weight is 433 g/mol. The SMILES string of the molecule is Nc1ccccc1NC(=O)/C=C/c1ccc(C(NC2CC2)C(=O)NC2CCCCC2)cc1. The lowest BCUT2D eigenvalue weighted by Gasteiger charge is -2.26. The molecular weight excluding hydrogens is 400 g/mol. The summed E-state index contributed by atoms with van der Waals surface area (Å²) >= 11 is 0. The van der Waals surface area contributed by atoms with Crippen molar-refractivity contribution in [2.75, 3.05) is 11.1 Å². The van der Waals surface area contributed by atoms with Crippen LogP contribution in [0.5, 0.6) is 0 Å². The van der Waals surface area contributed by atoms with E-state index in [0.717, 1.165) is 36.8 Å². The van der Waals surface area contributed by atoms with Crippen LogP contribution in [0.25, 0.3) is 6.08 Å². The summed E-state index contributed by atoms with van der Waals surface area (Å²) in [6, 6.07) is 15.3. The van der Waals surface area contributed by atoms with Crippen LogP contribution in [-0.2, 0) is 9.59 Å². The van der Waals surface area contributed by atoms with E-state index >= 15 is 0 Å². The summed E-state index contributed by atoms with van der Waals surface area (Å²) in [5, 5.41) is 9.53. The van der Waals surface area contributed by atoms with Gasteiger partial charge in [-0.1, -0.05) is 55.7 Å². The van der Waals surface area contributed by atoms with Crippen LogP contribution in [0, 0.1) is 0 Å². The first-order valence-electron chi connectivity index (χ1n) is 11.6. The highest BCUT2D eigenvalue weighted by Gasteiger charge is 2.30. The van der Waals surface area contributed by atoms with E-state index in [2.05, 4.69) is 16.0 Å². The highest BCUT2D eigenvalue weighted by molar-refractivity contribution is 6.03. The number of carbonyl (C=O) groups is 2. The molecule has 2 aromatic rings. The lowest BCUT2D eigenvalue weighted by molar-refractivity contribution is -0.124. The molecule has 0 aliphatic heterocycles. The molecule has 6 heteroatoms. The van der Waals surface area contributed by atoms with E-state index in [1.165, 1.54) is 25.3 Å². The highest BCUT2D eigenvalue weighted by Crippen LogP contribution is 2.26. The van der Waals surface area contributed by atoms with Gasteiger partial charge in [0, 0.05) is 18.2 Å². The van der Waals surface area contributed by atoms with Crippen LogP contribution in [0.4, 0.5) is 11.4 Å². The molecule has 0 saturated heterocycles. The molecular formula is C26H32N4O2. The van der Waals surface area contributed by atoms with Crippen LogP contribution in [-0.4, -0.2) is 23.9 Å². The highest BCUT2D eigenvalue weighted by atomic mass is 16.2. The zero-order valence-electron chi connectivity index (χ0n) is 18.3. The number of nitrogen functional groups attached to an aromatic ring is 1. The Bertz CT molecular complexity index is 960. The summed E-state index contributed by atoms with van der Waals surface area (Å²) in [7, 11) is 0. The summed E-state index contributed by atoms with van der Waals surface area (Å²) in [6.45, 7) is 0. The van der Waals surface area contributed by atoms with Gasteiger partial charge in [-0.3, -0.25) is 14.9 Å². The maximum atomic E-state index is 13.0. The number of carbonyl (C=O) groups excluding carboxylic acids is 2. The first-order chi connectivity index (χ1) is 15.6. The maximum Gasteiger partial charge on any atom is 0.248 e. The number of hydrogen-bond donors (Lipinski definition) is 4. The first kappa shape index (κ1) is 22.1. The molecule has 2 amide bonds. The topological polar surface area (TPSA) is 96.2 Å². The molecule has 0 heterocycles. The number of para-hydroxylation sites is 2. The van der Waals surface area contributed by atoms with Crippen molar-refractivity contribution in [3.05, 3.63) is 65.7 Å². The summed E-state index contributed by atoms with van der Waals surface area (Å²) < 4.78 is 0. The predicted molar refractivity (Wildman–Crippen MR) is 129 cm³/mol. The molecule has 4 rings (SSSR count). The second-order valence-corrected chi connectivity index (χ2v) is 8.79. The van der Waals surface area contributed by atoms with Gasteiger partial charge in [0.1, 0.15) is 6.04 Å². The van der Waals surface area contributed by atoms with Gasteiger partial charge in [-0.05, 0) is 55.0 Å². The van der Waals surface area contributed by atoms with Crippen LogP contribution >= 0.6 is 0 Å². The van der Waals surface area contributed by atoms with Gasteiger partial charge < -0.3 is 16.4 Å². The minimum atomic E-state index is -0.341. The predicted octanol–water partition coefficient (Wildman–Crippen LogP) is 4.16. The third-order valence-corrected chi connectivity index (χ3v) is 6.11. The zero-order valence-corrected chi connectivity index (χ0v) is 18.3. The van der Waals surface area contributed by atoms with Crippen molar-refractivity contribution in [2.45, 2.75) is 63.1 Å². The van der Waals surface area contributed by atoms with Crippen LogP contribution in [0.15, 0.2) is 54.6 Å². The number of rotatable bonds is 8. The molecule has 1 atom stereocenters. The van der Waals surface area contributed by atoms with E-state index in [4.69, 9.17) is 5.73 Å². The molecule has 5 N–H and O–H groups in total. The molecule has 168 valence electrons. The fourth-order valence-electron chi connectivity index (χ4n) is 4.10. The van der Waals surface area contributed by atoms with Gasteiger partial charge in [-0.25, -0.2) is 0 Å². The largest absolute Gasteiger partial charge is 0.397 e. The van der Waals surface area contributed by atoms with E-state index in [0.29, 0.717) is 23.5 Å². The van der Waals surface area contributed by atoms with E-state index < -0.39 is 0 Å². The van der Waals surface area contributed by atoms with Crippen molar-refractivity contribution in [2.24, 2.45) is 0 Å². The van der Waals surface area contributed by atoms with E-state index in [1.54, 1.807) is 18.2 Å². The van der Waals surface area contributed by atoms with Gasteiger partial charge in [0.05, 0.1) is 11.4 Å². The number of benzene rings is 2. The molecule has 0 bridgehead atoms. The lowest BCUT2D eigenvalue weighted by Crippen LogP contribution is -2.44. The van der Waals surface area contributed by atoms with Gasteiger partial charge in [-0.2, -0.15) is 0 Å². The van der Waals surface area contributed by atoms with Crippen LogP contribution in [0.2, 0.25) is 0 Å². The third-order valence-electron chi connectivity index (χ3n) is 6.11. The molecule has 32 heavy (non-hydrogen) atoms. The van der Waals surface area contributed by atoms with Crippen molar-refractivity contribution in [3.8, 4) is 0 Å². The Hall–Kier alpha value is -3.12. The normalized spacial score (nSPS) is 17.8. The van der Waals surface area contributed by atoms with Crippen molar-refractivity contribution in [3.63, 3.8) is 0 Å². The Balaban J connectivity index is 1.38. The van der Waals surface area contributed by atoms with Gasteiger partial charge in [0.15, 0.2) is 0 Å². The summed E-state index contributed by atoms with van der Waals surface area (Å²) in [4.78, 5) is 25.2. The second-order valence-electron chi connectivity index (χ2n) is 8.79. The molecule has 1 unspecified atom stereocenters. The van der Waals surface area contributed by atoms with E-state index in [1.807, 2.05) is 36.4 Å². The smallest absolute Gasteiger partial charge is 0.248 e. The molecule has 2 fully saturated rings. The third kappa shape index (κ3) is 6.20. The minimum absolute atomic E-state index is 0.0620. The van der Waals surface area contributed by atoms with Gasteiger partial charge >= 0.3 is 0 Å². The molecule has 0 aromatic heterocycles. The van der Waals surface area contributed by atoms with Gasteiger partial charge in [-0.15, -0.1) is 0 Å². The Kier molecular flexibility index (Phi) is 7.22. The Morgan fingerprint density at radius 2 is 1.62 bits per heavy atom. The second kappa shape index (κ2) is 10.5. The summed E-state index contributed by atoms with van der Waals surface area (Å²) in [5.41, 5.74) is 8.83. The number of anilines is 2. The van der Waals surface area contributed by atoms with Crippen molar-refractivity contribution >= 4 is 29.3 Å². The van der Waals surface area contributed by atoms with E-state index in [-0.39, 0.29) is 17.9 Å². The fraction of sp³-hybridized carbons (Fsp3) is 0.385. The molecule has 2 aliphatic carbocycles. The van der Waals surface area contributed by atoms with Gasteiger partial charge in [0.2, 0.25) is 11.8 Å². The molecule has 2 aliphatic rings. The number of nitrogens with two attached hydrogens (primary N) is 1. The minimum Gasteiger partial charge on any atom is -0.397 e. The molecule has 2 saturated carbocycles. The number of hydrogen-bond acceptors (Lipinski definition) is 4. The molecule has 2 aromatic carbocycles. The maximum absolute atomic E-state index is 13.0. The zero-order chi connectivity index (χ0) is 22.3. The Morgan fingerprint density at radius 3 is 2.31 bits per heavy atom. The first-order valence-corrected chi connectivity index (χ1v) is 11.6. The summed E-state index contributed by atoms with van der Waals surface area (Å²) in [5.74, 6) is -0.181. The van der Waals surface area contributed by atoms with Crippen molar-refractivity contribution < 1.29 is 9.59 Å². The average Bonchev–Trinajstić information content (AvgIpc) is 3.63. The van der Waals surface area contributed by atoms with Gasteiger partial charge in [0.25, 0.3) is 0 Å². The van der Waals surface area contributed by atoms with E-state index in [9.17, 15) is 9.59 Å². The number of nitrogens with one attached hydrogen (secondary N) is 3. The Labute approximate surface area is 189 Å². The monoisotopic (exact) mass is 432 g/mol. The lowest BCUT2D eigenvalue weighted by atomic mass is 9.95. The fourth-order valence-corrected chi connectivity index (χ4v) is 4.10. The molecule has 0 spiro atoms. The van der Waals surface area contributed by atoms with Crippen molar-refractivity contribution in [1.82, 2.24) is 10.6 Å². The van der Waals surface area contributed by atoms with Crippen molar-refractivity contribution in [1.29, 1.82) is 0 Å². The molecule has 6 nitrogen and oxygen atoms in total. The van der Waals surface area contributed by atoms with Crippen LogP contribution < -0.4 is 21.7 Å². The Morgan fingerprint density at radius 1 is 0.906 bits per heavy atom. The summed E-state index contributed by atoms with van der Waals surface area (Å²) in [6.07, 6.45) is 11.3.